The number of hydrogen-bond acceptors (Lipinski definition) is 2. The predicted octanol–water partition coefficient (Wildman–Crippen LogP) is 3.58. The summed E-state index contributed by atoms with van der Waals surface area (Å²) < 4.78 is 5.72. The van der Waals surface area contributed by atoms with Crippen molar-refractivity contribution in [2.24, 2.45) is 0 Å². The Hall–Kier alpha value is -0.370. The molecule has 0 aromatic heterocycles. The first-order valence-corrected chi connectivity index (χ1v) is 5.29. The summed E-state index contributed by atoms with van der Waals surface area (Å²) in [5.41, 5.74) is -0.123. The molecule has 0 unspecified atom stereocenters. The van der Waals surface area contributed by atoms with Crippen molar-refractivity contribution in [1.29, 1.82) is 0 Å². The van der Waals surface area contributed by atoms with Crippen LogP contribution in [-0.4, -0.2) is 11.4 Å². The van der Waals surface area contributed by atoms with Gasteiger partial charge in [0.1, 0.15) is 11.4 Å². The largest absolute Gasteiger partial charge is 0.489 e. The Kier molecular flexibility index (Phi) is 5.97. The highest BCUT2D eigenvalue weighted by Gasteiger charge is 2.11. The van der Waals surface area contributed by atoms with Crippen molar-refractivity contribution in [2.45, 2.75) is 39.7 Å². The van der Waals surface area contributed by atoms with Gasteiger partial charge < -0.3 is 4.74 Å². The molecule has 0 aromatic rings. The van der Waals surface area contributed by atoms with Crippen LogP contribution in [-0.2, 0) is 4.74 Å². The van der Waals surface area contributed by atoms with E-state index in [1.54, 1.807) is 0 Å². The van der Waals surface area contributed by atoms with E-state index in [1.165, 1.54) is 0 Å². The SMILES string of the molecule is CC/C=C(\C=C/CS)OC(C)(C)C. The molecule has 0 radical (unpaired) electrons. The summed E-state index contributed by atoms with van der Waals surface area (Å²) in [7, 11) is 0. The summed E-state index contributed by atoms with van der Waals surface area (Å²) in [6.45, 7) is 8.24. The van der Waals surface area contributed by atoms with Gasteiger partial charge in [-0.15, -0.1) is 0 Å². The fourth-order valence-electron chi connectivity index (χ4n) is 0.867. The zero-order valence-electron chi connectivity index (χ0n) is 9.00. The Morgan fingerprint density at radius 1 is 1.38 bits per heavy atom. The summed E-state index contributed by atoms with van der Waals surface area (Å²) in [6, 6.07) is 0. The van der Waals surface area contributed by atoms with Gasteiger partial charge in [-0.1, -0.05) is 13.0 Å². The highest BCUT2D eigenvalue weighted by molar-refractivity contribution is 7.80. The van der Waals surface area contributed by atoms with Gasteiger partial charge in [0.25, 0.3) is 0 Å². The van der Waals surface area contributed by atoms with E-state index in [2.05, 4.69) is 25.6 Å². The van der Waals surface area contributed by atoms with Crippen molar-refractivity contribution in [1.82, 2.24) is 0 Å². The quantitative estimate of drug-likeness (QED) is 0.414. The molecule has 0 saturated heterocycles. The maximum absolute atomic E-state index is 5.72. The average Bonchev–Trinajstić information content (AvgIpc) is 1.98. The van der Waals surface area contributed by atoms with Crippen LogP contribution in [0.4, 0.5) is 0 Å². The second-order valence-electron chi connectivity index (χ2n) is 3.81. The van der Waals surface area contributed by atoms with E-state index < -0.39 is 0 Å². The van der Waals surface area contributed by atoms with Gasteiger partial charge >= 0.3 is 0 Å². The minimum atomic E-state index is -0.123. The van der Waals surface area contributed by atoms with Gasteiger partial charge in [-0.05, 0) is 39.3 Å². The standard InChI is InChI=1S/C11H20OS/c1-5-7-10(8-6-9-13)12-11(2,3)4/h6-8,13H,5,9H2,1-4H3/b8-6-,10-7+. The molecule has 0 fully saturated rings. The molecule has 0 spiro atoms. The lowest BCUT2D eigenvalue weighted by atomic mass is 10.2. The van der Waals surface area contributed by atoms with Crippen LogP contribution in [0, 0.1) is 0 Å². The van der Waals surface area contributed by atoms with Gasteiger partial charge in [-0.2, -0.15) is 12.6 Å². The molecule has 0 bridgehead atoms. The third-order valence-electron chi connectivity index (χ3n) is 1.22. The van der Waals surface area contributed by atoms with Crippen molar-refractivity contribution in [3.63, 3.8) is 0 Å². The summed E-state index contributed by atoms with van der Waals surface area (Å²) in [5.74, 6) is 1.68. The van der Waals surface area contributed by atoms with Crippen molar-refractivity contribution < 1.29 is 4.74 Å². The minimum Gasteiger partial charge on any atom is -0.489 e. The van der Waals surface area contributed by atoms with Crippen molar-refractivity contribution in [3.8, 4) is 0 Å². The normalized spacial score (nSPS) is 13.8. The monoisotopic (exact) mass is 200 g/mol. The third-order valence-corrected chi connectivity index (χ3v) is 1.43. The van der Waals surface area contributed by atoms with Crippen LogP contribution in [0.5, 0.6) is 0 Å². The Bertz CT molecular complexity index is 187. The summed E-state index contributed by atoms with van der Waals surface area (Å²) in [5, 5.41) is 0. The molecule has 0 atom stereocenters. The number of allylic oxidation sites excluding steroid dienone is 2. The number of thiol groups is 1. The molecule has 0 amide bonds. The third kappa shape index (κ3) is 7.97. The van der Waals surface area contributed by atoms with E-state index in [-0.39, 0.29) is 5.60 Å². The lowest BCUT2D eigenvalue weighted by Crippen LogP contribution is -2.18. The molecule has 2 heteroatoms. The van der Waals surface area contributed by atoms with E-state index in [9.17, 15) is 0 Å². The number of hydrogen-bond donors (Lipinski definition) is 1. The molecule has 0 aliphatic rings. The van der Waals surface area contributed by atoms with Crippen molar-refractivity contribution in [2.75, 3.05) is 5.75 Å². The summed E-state index contributed by atoms with van der Waals surface area (Å²) >= 11 is 4.11. The lowest BCUT2D eigenvalue weighted by molar-refractivity contribution is 0.0594. The van der Waals surface area contributed by atoms with Crippen molar-refractivity contribution >= 4 is 12.6 Å². The second-order valence-corrected chi connectivity index (χ2v) is 4.18. The molecule has 1 nitrogen and oxygen atoms in total. The van der Waals surface area contributed by atoms with Gasteiger partial charge in [0.15, 0.2) is 0 Å². The molecule has 0 aliphatic carbocycles. The Balaban J connectivity index is 4.28. The van der Waals surface area contributed by atoms with Gasteiger partial charge in [0.2, 0.25) is 0 Å². The van der Waals surface area contributed by atoms with Gasteiger partial charge in [0.05, 0.1) is 0 Å². The fourth-order valence-corrected chi connectivity index (χ4v) is 0.973. The molecular weight excluding hydrogens is 180 g/mol. The first-order chi connectivity index (χ1) is 5.99. The Labute approximate surface area is 87.3 Å². The average molecular weight is 200 g/mol. The van der Waals surface area contributed by atoms with E-state index in [0.717, 1.165) is 17.9 Å². The zero-order chi connectivity index (χ0) is 10.3. The Morgan fingerprint density at radius 2 is 2.00 bits per heavy atom. The number of ether oxygens (including phenoxy) is 1. The first-order valence-electron chi connectivity index (χ1n) is 4.66. The van der Waals surface area contributed by atoms with Crippen LogP contribution < -0.4 is 0 Å². The predicted molar refractivity (Wildman–Crippen MR) is 62.2 cm³/mol. The second kappa shape index (κ2) is 6.14. The van der Waals surface area contributed by atoms with Gasteiger partial charge in [-0.25, -0.2) is 0 Å². The molecule has 0 aromatic carbocycles. The fraction of sp³-hybridized carbons (Fsp3) is 0.636. The van der Waals surface area contributed by atoms with Crippen LogP contribution in [0.15, 0.2) is 24.0 Å². The lowest BCUT2D eigenvalue weighted by Gasteiger charge is -2.22. The van der Waals surface area contributed by atoms with Crippen LogP contribution in [0.25, 0.3) is 0 Å². The molecule has 0 heterocycles. The molecule has 76 valence electrons. The van der Waals surface area contributed by atoms with Crippen LogP contribution in [0.1, 0.15) is 34.1 Å². The summed E-state index contributed by atoms with van der Waals surface area (Å²) in [4.78, 5) is 0. The highest BCUT2D eigenvalue weighted by Crippen LogP contribution is 2.14. The van der Waals surface area contributed by atoms with Crippen LogP contribution >= 0.6 is 12.6 Å². The smallest absolute Gasteiger partial charge is 0.115 e. The van der Waals surface area contributed by atoms with Crippen LogP contribution in [0.3, 0.4) is 0 Å². The first kappa shape index (κ1) is 12.6. The van der Waals surface area contributed by atoms with Gasteiger partial charge in [-0.3, -0.25) is 0 Å². The van der Waals surface area contributed by atoms with E-state index in [0.29, 0.717) is 0 Å². The molecule has 0 aliphatic heterocycles. The highest BCUT2D eigenvalue weighted by atomic mass is 32.1. The van der Waals surface area contributed by atoms with E-state index in [4.69, 9.17) is 4.74 Å². The van der Waals surface area contributed by atoms with E-state index in [1.807, 2.05) is 32.9 Å². The van der Waals surface area contributed by atoms with Crippen molar-refractivity contribution in [3.05, 3.63) is 24.0 Å². The van der Waals surface area contributed by atoms with Crippen LogP contribution in [0.2, 0.25) is 0 Å². The zero-order valence-corrected chi connectivity index (χ0v) is 9.90. The molecule has 13 heavy (non-hydrogen) atoms. The van der Waals surface area contributed by atoms with Gasteiger partial charge in [0, 0.05) is 5.75 Å². The molecule has 0 saturated carbocycles. The topological polar surface area (TPSA) is 9.23 Å². The summed E-state index contributed by atoms with van der Waals surface area (Å²) in [6.07, 6.45) is 7.02. The number of rotatable bonds is 4. The molecule has 0 N–H and O–H groups in total. The minimum absolute atomic E-state index is 0.123. The maximum Gasteiger partial charge on any atom is 0.115 e. The van der Waals surface area contributed by atoms with E-state index >= 15 is 0 Å². The molecular formula is C11H20OS. The molecule has 0 rings (SSSR count). The maximum atomic E-state index is 5.72. The Morgan fingerprint density at radius 3 is 2.38 bits per heavy atom.